The molecule has 1 rings (SSSR count). The van der Waals surface area contributed by atoms with Crippen LogP contribution in [-0.4, -0.2) is 23.6 Å². The van der Waals surface area contributed by atoms with Gasteiger partial charge in [-0.3, -0.25) is 0 Å². The van der Waals surface area contributed by atoms with Crippen molar-refractivity contribution in [3.63, 3.8) is 0 Å². The molecule has 1 aromatic carbocycles. The van der Waals surface area contributed by atoms with Gasteiger partial charge in [-0.25, -0.2) is 4.79 Å². The van der Waals surface area contributed by atoms with Gasteiger partial charge in [-0.05, 0) is 25.1 Å². The molecule has 92 valence electrons. The summed E-state index contributed by atoms with van der Waals surface area (Å²) in [5.41, 5.74) is 6.28. The van der Waals surface area contributed by atoms with Crippen molar-refractivity contribution in [2.24, 2.45) is 10.9 Å². The summed E-state index contributed by atoms with van der Waals surface area (Å²) in [6, 6.07) is 4.29. The molecule has 0 radical (unpaired) electrons. The number of hydrogen-bond donors (Lipinski definition) is 4. The van der Waals surface area contributed by atoms with Crippen molar-refractivity contribution in [2.45, 2.75) is 6.92 Å². The molecule has 0 unspecified atom stereocenters. The maximum absolute atomic E-state index is 11.3. The third kappa shape index (κ3) is 3.53. The standard InChI is InChI=1S/C10H13ClN4O2/c1-2-13-10(16)14-8-5-6(9(12)15-17)3-4-7(8)11/h3-5,17H,2H2,1H3,(H2,12,15)(H2,13,14,16). The molecule has 0 spiro atoms. The Balaban J connectivity index is 2.95. The fourth-order valence-electron chi connectivity index (χ4n) is 1.17. The molecule has 0 aliphatic heterocycles. The number of nitrogens with zero attached hydrogens (tertiary/aromatic N) is 1. The van der Waals surface area contributed by atoms with Gasteiger partial charge in [0.2, 0.25) is 0 Å². The van der Waals surface area contributed by atoms with Gasteiger partial charge in [0, 0.05) is 12.1 Å². The van der Waals surface area contributed by atoms with Gasteiger partial charge in [0.25, 0.3) is 0 Å². The van der Waals surface area contributed by atoms with Gasteiger partial charge in [-0.1, -0.05) is 16.8 Å². The Morgan fingerprint density at radius 1 is 1.59 bits per heavy atom. The quantitative estimate of drug-likeness (QED) is 0.286. The molecule has 7 heteroatoms. The summed E-state index contributed by atoms with van der Waals surface area (Å²) in [5, 5.41) is 16.9. The molecule has 0 saturated carbocycles. The second-order valence-corrected chi connectivity index (χ2v) is 3.57. The van der Waals surface area contributed by atoms with Crippen LogP contribution in [0.2, 0.25) is 5.02 Å². The molecule has 2 amide bonds. The molecule has 0 aliphatic rings. The minimum atomic E-state index is -0.369. The SMILES string of the molecule is CCNC(=O)Nc1cc(C(N)=NO)ccc1Cl. The highest BCUT2D eigenvalue weighted by molar-refractivity contribution is 6.33. The van der Waals surface area contributed by atoms with Crippen LogP contribution in [0.4, 0.5) is 10.5 Å². The molecule has 5 N–H and O–H groups in total. The van der Waals surface area contributed by atoms with Gasteiger partial charge in [0.1, 0.15) is 0 Å². The van der Waals surface area contributed by atoms with E-state index in [0.717, 1.165) is 0 Å². The first-order valence-electron chi connectivity index (χ1n) is 4.90. The lowest BCUT2D eigenvalue weighted by molar-refractivity contribution is 0.252. The van der Waals surface area contributed by atoms with Gasteiger partial charge in [-0.15, -0.1) is 0 Å². The summed E-state index contributed by atoms with van der Waals surface area (Å²) in [4.78, 5) is 11.3. The number of halogens is 1. The number of nitrogens with one attached hydrogen (secondary N) is 2. The molecule has 0 bridgehead atoms. The van der Waals surface area contributed by atoms with E-state index in [1.807, 2.05) is 0 Å². The van der Waals surface area contributed by atoms with E-state index in [1.54, 1.807) is 19.1 Å². The average molecular weight is 257 g/mol. The van der Waals surface area contributed by atoms with Crippen LogP contribution >= 0.6 is 11.6 Å². The third-order valence-corrected chi connectivity index (χ3v) is 2.28. The van der Waals surface area contributed by atoms with E-state index in [1.165, 1.54) is 6.07 Å². The fraction of sp³-hybridized carbons (Fsp3) is 0.200. The first kappa shape index (κ1) is 13.1. The summed E-state index contributed by atoms with van der Waals surface area (Å²) in [6.07, 6.45) is 0. The van der Waals surface area contributed by atoms with E-state index in [0.29, 0.717) is 22.8 Å². The summed E-state index contributed by atoms with van der Waals surface area (Å²) in [6.45, 7) is 2.30. The van der Waals surface area contributed by atoms with Gasteiger partial charge in [0.15, 0.2) is 5.84 Å². The lowest BCUT2D eigenvalue weighted by Gasteiger charge is -2.09. The topological polar surface area (TPSA) is 99.7 Å². The molecule has 0 aromatic heterocycles. The zero-order valence-corrected chi connectivity index (χ0v) is 9.95. The predicted octanol–water partition coefficient (Wildman–Crippen LogP) is 1.58. The number of nitrogens with two attached hydrogens (primary N) is 1. The van der Waals surface area contributed by atoms with Crippen LogP contribution in [0.1, 0.15) is 12.5 Å². The molecule has 1 aromatic rings. The van der Waals surface area contributed by atoms with Crippen LogP contribution in [0.15, 0.2) is 23.4 Å². The molecule has 0 fully saturated rings. The lowest BCUT2D eigenvalue weighted by atomic mass is 10.2. The highest BCUT2D eigenvalue weighted by atomic mass is 35.5. The summed E-state index contributed by atoms with van der Waals surface area (Å²) < 4.78 is 0. The van der Waals surface area contributed by atoms with Crippen LogP contribution in [0.25, 0.3) is 0 Å². The predicted molar refractivity (Wildman–Crippen MR) is 66.7 cm³/mol. The van der Waals surface area contributed by atoms with Crippen molar-refractivity contribution in [3.8, 4) is 0 Å². The maximum atomic E-state index is 11.3. The van der Waals surface area contributed by atoms with Crippen molar-refractivity contribution < 1.29 is 10.0 Å². The Bertz CT molecular complexity index is 448. The number of amides is 2. The van der Waals surface area contributed by atoms with E-state index in [4.69, 9.17) is 22.5 Å². The number of urea groups is 1. The van der Waals surface area contributed by atoms with Gasteiger partial charge >= 0.3 is 6.03 Å². The highest BCUT2D eigenvalue weighted by Gasteiger charge is 2.07. The Kier molecular flexibility index (Phi) is 4.59. The molecule has 17 heavy (non-hydrogen) atoms. The number of anilines is 1. The van der Waals surface area contributed by atoms with Crippen LogP contribution in [-0.2, 0) is 0 Å². The zero-order valence-electron chi connectivity index (χ0n) is 9.20. The number of carbonyl (C=O) groups is 1. The second kappa shape index (κ2) is 5.95. The summed E-state index contributed by atoms with van der Waals surface area (Å²) in [5.74, 6) is -0.0550. The first-order valence-corrected chi connectivity index (χ1v) is 5.28. The van der Waals surface area contributed by atoms with Crippen molar-refractivity contribution >= 4 is 29.2 Å². The van der Waals surface area contributed by atoms with Crippen molar-refractivity contribution in [3.05, 3.63) is 28.8 Å². The summed E-state index contributed by atoms with van der Waals surface area (Å²) in [7, 11) is 0. The van der Waals surface area contributed by atoms with Crippen molar-refractivity contribution in [2.75, 3.05) is 11.9 Å². The van der Waals surface area contributed by atoms with E-state index >= 15 is 0 Å². The van der Waals surface area contributed by atoms with Crippen LogP contribution in [0.5, 0.6) is 0 Å². The molecule has 6 nitrogen and oxygen atoms in total. The van der Waals surface area contributed by atoms with Gasteiger partial charge in [-0.2, -0.15) is 0 Å². The second-order valence-electron chi connectivity index (χ2n) is 3.16. The number of benzene rings is 1. The van der Waals surface area contributed by atoms with Gasteiger partial charge in [0.05, 0.1) is 10.7 Å². The highest BCUT2D eigenvalue weighted by Crippen LogP contribution is 2.22. The summed E-state index contributed by atoms with van der Waals surface area (Å²) >= 11 is 5.90. The average Bonchev–Trinajstić information content (AvgIpc) is 2.31. The third-order valence-electron chi connectivity index (χ3n) is 1.96. The molecular formula is C10H13ClN4O2. The van der Waals surface area contributed by atoms with Crippen LogP contribution in [0, 0.1) is 0 Å². The minimum Gasteiger partial charge on any atom is -0.409 e. The van der Waals surface area contributed by atoms with E-state index in [9.17, 15) is 4.79 Å². The van der Waals surface area contributed by atoms with Crippen LogP contribution < -0.4 is 16.4 Å². The van der Waals surface area contributed by atoms with E-state index in [2.05, 4.69) is 15.8 Å². The Hall–Kier alpha value is -1.95. The number of rotatable bonds is 3. The van der Waals surface area contributed by atoms with E-state index in [-0.39, 0.29) is 11.9 Å². The smallest absolute Gasteiger partial charge is 0.319 e. The fourth-order valence-corrected chi connectivity index (χ4v) is 1.33. The van der Waals surface area contributed by atoms with E-state index < -0.39 is 0 Å². The number of carbonyl (C=O) groups excluding carboxylic acids is 1. The van der Waals surface area contributed by atoms with Crippen molar-refractivity contribution in [1.82, 2.24) is 5.32 Å². The molecule has 0 heterocycles. The lowest BCUT2D eigenvalue weighted by Crippen LogP contribution is -2.28. The van der Waals surface area contributed by atoms with Crippen molar-refractivity contribution in [1.29, 1.82) is 0 Å². The zero-order chi connectivity index (χ0) is 12.8. The minimum absolute atomic E-state index is 0.0550. The molecular weight excluding hydrogens is 244 g/mol. The monoisotopic (exact) mass is 256 g/mol. The molecule has 0 saturated heterocycles. The number of oxime groups is 1. The van der Waals surface area contributed by atoms with Crippen LogP contribution in [0.3, 0.4) is 0 Å². The number of amidine groups is 1. The Morgan fingerprint density at radius 2 is 2.29 bits per heavy atom. The Labute approximate surface area is 103 Å². The first-order chi connectivity index (χ1) is 8.08. The Morgan fingerprint density at radius 3 is 2.88 bits per heavy atom. The molecule has 0 aliphatic carbocycles. The maximum Gasteiger partial charge on any atom is 0.319 e. The van der Waals surface area contributed by atoms with Gasteiger partial charge < -0.3 is 21.6 Å². The largest absolute Gasteiger partial charge is 0.409 e. The number of hydrogen-bond acceptors (Lipinski definition) is 3. The normalized spacial score (nSPS) is 11.1. The molecule has 0 atom stereocenters.